The molecule has 4 rings (SSSR count). The molecule has 0 N–H and O–H groups in total. The van der Waals surface area contributed by atoms with E-state index in [0.717, 1.165) is 49.0 Å². The Labute approximate surface area is 202 Å². The minimum atomic E-state index is -0.665. The molecule has 4 atom stereocenters. The molecule has 1 heterocycles. The lowest BCUT2D eigenvalue weighted by Crippen LogP contribution is -2.54. The zero-order valence-electron chi connectivity index (χ0n) is 20.6. The Morgan fingerprint density at radius 3 is 2.44 bits per heavy atom. The lowest BCUT2D eigenvalue weighted by molar-refractivity contribution is -0.173. The van der Waals surface area contributed by atoms with Crippen molar-refractivity contribution >= 4 is 17.8 Å². The fourth-order valence-electron chi connectivity index (χ4n) is 6.66. The lowest BCUT2D eigenvalue weighted by atomic mass is 9.46. The molecule has 2 saturated carbocycles. The maximum Gasteiger partial charge on any atom is 0.313 e. The van der Waals surface area contributed by atoms with Crippen molar-refractivity contribution in [3.63, 3.8) is 0 Å². The van der Waals surface area contributed by atoms with E-state index < -0.39 is 17.2 Å². The molecule has 0 aromatic heterocycles. The maximum absolute atomic E-state index is 13.5. The van der Waals surface area contributed by atoms with Crippen LogP contribution in [0.2, 0.25) is 0 Å². The predicted octanol–water partition coefficient (Wildman–Crippen LogP) is 6.08. The molecule has 1 aromatic carbocycles. The van der Waals surface area contributed by atoms with Gasteiger partial charge in [-0.1, -0.05) is 61.9 Å². The minimum Gasteiger partial charge on any atom is -0.443 e. The number of hydrogen-bond donors (Lipinski definition) is 0. The molecule has 0 bridgehead atoms. The van der Waals surface area contributed by atoms with E-state index in [-0.39, 0.29) is 24.0 Å². The van der Waals surface area contributed by atoms with Gasteiger partial charge in [0.1, 0.15) is 0 Å². The third-order valence-electron chi connectivity index (χ3n) is 8.69. The normalized spacial score (nSPS) is 31.2. The minimum absolute atomic E-state index is 0.0607. The van der Waals surface area contributed by atoms with Gasteiger partial charge in [-0.25, -0.2) is 4.90 Å². The Morgan fingerprint density at radius 1 is 1.18 bits per heavy atom. The van der Waals surface area contributed by atoms with Gasteiger partial charge >= 0.3 is 5.97 Å². The zero-order chi connectivity index (χ0) is 24.7. The van der Waals surface area contributed by atoms with Crippen LogP contribution in [0.25, 0.3) is 0 Å². The van der Waals surface area contributed by atoms with Crippen molar-refractivity contribution in [2.75, 3.05) is 6.73 Å². The molecule has 5 heteroatoms. The summed E-state index contributed by atoms with van der Waals surface area (Å²) in [6, 6.07) is 6.71. The highest BCUT2D eigenvalue weighted by Crippen LogP contribution is 2.62. The Bertz CT molecular complexity index is 1050. The molecule has 4 unspecified atom stereocenters. The molecular formula is C29H35NO4. The molecule has 1 aromatic rings. The first-order valence-electron chi connectivity index (χ1n) is 12.2. The summed E-state index contributed by atoms with van der Waals surface area (Å²) in [5.41, 5.74) is 2.40. The number of rotatable bonds is 6. The predicted molar refractivity (Wildman–Crippen MR) is 132 cm³/mol. The van der Waals surface area contributed by atoms with Gasteiger partial charge < -0.3 is 4.74 Å². The molecule has 0 spiro atoms. The lowest BCUT2D eigenvalue weighted by Gasteiger charge is -2.57. The Hall–Kier alpha value is -2.95. The van der Waals surface area contributed by atoms with Gasteiger partial charge in [0.25, 0.3) is 11.8 Å². The largest absolute Gasteiger partial charge is 0.443 e. The summed E-state index contributed by atoms with van der Waals surface area (Å²) in [6.07, 6.45) is 9.50. The SMILES string of the molecule is C=C/C(C)=C/CC1C(=C)CCC2C(C)(C(=O)OCN3C(=O)c4ccccc4C3=O)CCCC12C. The molecule has 5 nitrogen and oxygen atoms in total. The van der Waals surface area contributed by atoms with Crippen molar-refractivity contribution in [3.8, 4) is 0 Å². The number of amides is 2. The number of hydrogen-bond acceptors (Lipinski definition) is 4. The molecule has 0 saturated heterocycles. The smallest absolute Gasteiger partial charge is 0.313 e. The van der Waals surface area contributed by atoms with Crippen molar-refractivity contribution in [2.45, 2.75) is 59.3 Å². The number of allylic oxidation sites excluding steroid dienone is 4. The van der Waals surface area contributed by atoms with Crippen LogP contribution >= 0.6 is 0 Å². The van der Waals surface area contributed by atoms with Crippen LogP contribution in [0.3, 0.4) is 0 Å². The van der Waals surface area contributed by atoms with E-state index in [1.54, 1.807) is 24.3 Å². The van der Waals surface area contributed by atoms with E-state index in [4.69, 9.17) is 4.74 Å². The van der Waals surface area contributed by atoms with Crippen LogP contribution in [-0.4, -0.2) is 29.4 Å². The van der Waals surface area contributed by atoms with E-state index in [0.29, 0.717) is 17.0 Å². The van der Waals surface area contributed by atoms with Crippen LogP contribution in [-0.2, 0) is 9.53 Å². The van der Waals surface area contributed by atoms with Crippen LogP contribution in [0.4, 0.5) is 0 Å². The summed E-state index contributed by atoms with van der Waals surface area (Å²) in [7, 11) is 0. The number of benzene rings is 1. The standard InChI is InChI=1S/C29H35NO4/c1-6-19(2)12-14-23-20(3)13-15-24-28(23,4)16-9-17-29(24,5)27(33)34-18-30-25(31)21-10-7-8-11-22(21)26(30)32/h6-8,10-12,23-24H,1,3,9,13-18H2,2,4-5H3/b19-12+. The first-order chi connectivity index (χ1) is 16.1. The van der Waals surface area contributed by atoms with Crippen molar-refractivity contribution in [2.24, 2.45) is 22.7 Å². The number of esters is 1. The van der Waals surface area contributed by atoms with Gasteiger partial charge in [-0.15, -0.1) is 0 Å². The molecule has 1 aliphatic heterocycles. The van der Waals surface area contributed by atoms with Crippen LogP contribution in [0.5, 0.6) is 0 Å². The fraction of sp³-hybridized carbons (Fsp3) is 0.483. The first-order valence-corrected chi connectivity index (χ1v) is 12.2. The summed E-state index contributed by atoms with van der Waals surface area (Å²) in [4.78, 5) is 39.9. The van der Waals surface area contributed by atoms with Gasteiger partial charge in [0.15, 0.2) is 6.73 Å². The third kappa shape index (κ3) is 3.85. The van der Waals surface area contributed by atoms with E-state index in [1.807, 2.05) is 13.0 Å². The highest BCUT2D eigenvalue weighted by molar-refractivity contribution is 6.21. The van der Waals surface area contributed by atoms with Gasteiger partial charge in [0.05, 0.1) is 16.5 Å². The molecule has 2 aliphatic carbocycles. The van der Waals surface area contributed by atoms with Crippen LogP contribution in [0, 0.1) is 22.7 Å². The van der Waals surface area contributed by atoms with Crippen molar-refractivity contribution in [1.29, 1.82) is 0 Å². The van der Waals surface area contributed by atoms with Crippen molar-refractivity contribution in [3.05, 3.63) is 71.8 Å². The van der Waals surface area contributed by atoms with E-state index in [2.05, 4.69) is 33.1 Å². The van der Waals surface area contributed by atoms with Crippen molar-refractivity contribution in [1.82, 2.24) is 4.90 Å². The maximum atomic E-state index is 13.5. The van der Waals surface area contributed by atoms with Crippen LogP contribution < -0.4 is 0 Å². The second kappa shape index (κ2) is 9.01. The number of carbonyl (C=O) groups excluding carboxylic acids is 3. The Kier molecular flexibility index (Phi) is 6.41. The zero-order valence-corrected chi connectivity index (χ0v) is 20.6. The van der Waals surface area contributed by atoms with E-state index in [9.17, 15) is 14.4 Å². The molecule has 0 radical (unpaired) electrons. The molecule has 3 aliphatic rings. The molecule has 180 valence electrons. The molecule has 2 amide bonds. The van der Waals surface area contributed by atoms with Gasteiger partial charge in [-0.05, 0) is 75.3 Å². The van der Waals surface area contributed by atoms with Gasteiger partial charge in [-0.2, -0.15) is 0 Å². The van der Waals surface area contributed by atoms with Gasteiger partial charge in [-0.3, -0.25) is 14.4 Å². The number of carbonyl (C=O) groups is 3. The first kappa shape index (κ1) is 24.2. The monoisotopic (exact) mass is 461 g/mol. The topological polar surface area (TPSA) is 63.7 Å². The summed E-state index contributed by atoms with van der Waals surface area (Å²) < 4.78 is 5.71. The molecule has 2 fully saturated rings. The highest BCUT2D eigenvalue weighted by Gasteiger charge is 2.57. The molecule has 34 heavy (non-hydrogen) atoms. The summed E-state index contributed by atoms with van der Waals surface area (Å²) >= 11 is 0. The Balaban J connectivity index is 1.52. The number of nitrogens with zero attached hydrogens (tertiary/aromatic N) is 1. The summed E-state index contributed by atoms with van der Waals surface area (Å²) in [6.45, 7) is 14.3. The van der Waals surface area contributed by atoms with Gasteiger partial charge in [0.2, 0.25) is 0 Å². The van der Waals surface area contributed by atoms with Crippen LogP contribution in [0.15, 0.2) is 60.7 Å². The van der Waals surface area contributed by atoms with Crippen molar-refractivity contribution < 1.29 is 19.1 Å². The third-order valence-corrected chi connectivity index (χ3v) is 8.69. The number of imide groups is 1. The number of ether oxygens (including phenoxy) is 1. The second-order valence-electron chi connectivity index (χ2n) is 10.6. The van der Waals surface area contributed by atoms with E-state index >= 15 is 0 Å². The van der Waals surface area contributed by atoms with E-state index in [1.165, 1.54) is 5.57 Å². The van der Waals surface area contributed by atoms with Crippen LogP contribution in [0.1, 0.15) is 80.0 Å². The second-order valence-corrected chi connectivity index (χ2v) is 10.6. The number of fused-ring (bicyclic) bond motifs is 2. The fourth-order valence-corrected chi connectivity index (χ4v) is 6.66. The highest BCUT2D eigenvalue weighted by atomic mass is 16.5. The Morgan fingerprint density at radius 2 is 1.82 bits per heavy atom. The summed E-state index contributed by atoms with van der Waals surface area (Å²) in [5.74, 6) is -0.693. The average Bonchev–Trinajstić information content (AvgIpc) is 3.06. The van der Waals surface area contributed by atoms with Gasteiger partial charge in [0, 0.05) is 0 Å². The average molecular weight is 462 g/mol. The molecular weight excluding hydrogens is 426 g/mol. The quantitative estimate of drug-likeness (QED) is 0.223. The summed E-state index contributed by atoms with van der Waals surface area (Å²) in [5, 5.41) is 0.